The van der Waals surface area contributed by atoms with Crippen molar-refractivity contribution in [3.63, 3.8) is 0 Å². The number of aryl methyl sites for hydroxylation is 1. The number of nitrogens with zero attached hydrogens (tertiary/aromatic N) is 2. The second kappa shape index (κ2) is 8.03. The number of amides is 1. The molecule has 0 aliphatic heterocycles. The van der Waals surface area contributed by atoms with Gasteiger partial charge in [0.1, 0.15) is 6.04 Å². The summed E-state index contributed by atoms with van der Waals surface area (Å²) in [5.74, 6) is -0.738. The van der Waals surface area contributed by atoms with E-state index in [2.05, 4.69) is 20.4 Å². The second-order valence-electron chi connectivity index (χ2n) is 6.53. The average molecular weight is 370 g/mol. The van der Waals surface area contributed by atoms with Gasteiger partial charge in [-0.05, 0) is 18.1 Å². The first-order valence-electron chi connectivity index (χ1n) is 8.90. The summed E-state index contributed by atoms with van der Waals surface area (Å²) >= 11 is 0. The molecule has 8 nitrogen and oxygen atoms in total. The zero-order valence-electron chi connectivity index (χ0n) is 15.2. The number of carbonyl (C=O) groups excluding carboxylic acids is 1. The minimum atomic E-state index is -1.03. The highest BCUT2D eigenvalue weighted by Crippen LogP contribution is 2.26. The Hall–Kier alpha value is -3.16. The molecule has 2 aromatic heterocycles. The molecule has 3 rings (SSSR count). The van der Waals surface area contributed by atoms with Crippen LogP contribution in [0.2, 0.25) is 0 Å². The number of fused-ring (bicyclic) bond motifs is 1. The molecule has 1 aromatic carbocycles. The molecule has 27 heavy (non-hydrogen) atoms. The monoisotopic (exact) mass is 370 g/mol. The number of hydrogen-bond donors (Lipinski definition) is 3. The number of aromatic nitrogens is 3. The van der Waals surface area contributed by atoms with E-state index in [1.54, 1.807) is 6.92 Å². The standard InChI is InChI=1S/C19H22N4O4/c1-3-11(2)17(19(25)26)21-15(24)7-8-16-22-18(23-27-16)13-5-4-6-14-12(13)9-10-20-14/h4-6,9-11,17,20H,3,7-8H2,1-2H3,(H,21,24)(H,25,26)/t11-,17+/m0/s1. The van der Waals surface area contributed by atoms with Gasteiger partial charge in [-0.3, -0.25) is 4.79 Å². The number of carbonyl (C=O) groups is 2. The Morgan fingerprint density at radius 1 is 1.33 bits per heavy atom. The van der Waals surface area contributed by atoms with Crippen molar-refractivity contribution in [3.05, 3.63) is 36.4 Å². The van der Waals surface area contributed by atoms with E-state index in [4.69, 9.17) is 4.52 Å². The van der Waals surface area contributed by atoms with Crippen molar-refractivity contribution in [2.24, 2.45) is 5.92 Å². The number of carboxylic acid groups (broad SMARTS) is 1. The van der Waals surface area contributed by atoms with Crippen LogP contribution in [0.5, 0.6) is 0 Å². The number of aliphatic carboxylic acids is 1. The summed E-state index contributed by atoms with van der Waals surface area (Å²) in [7, 11) is 0. The lowest BCUT2D eigenvalue weighted by Crippen LogP contribution is -2.45. The van der Waals surface area contributed by atoms with Gasteiger partial charge in [-0.1, -0.05) is 37.6 Å². The third kappa shape index (κ3) is 4.16. The Bertz CT molecular complexity index is 946. The fourth-order valence-corrected chi connectivity index (χ4v) is 2.90. The normalized spacial score (nSPS) is 13.4. The first kappa shape index (κ1) is 18.6. The zero-order valence-corrected chi connectivity index (χ0v) is 15.2. The summed E-state index contributed by atoms with van der Waals surface area (Å²) in [5.41, 5.74) is 1.82. The molecule has 0 aliphatic carbocycles. The van der Waals surface area contributed by atoms with Gasteiger partial charge in [-0.2, -0.15) is 4.98 Å². The van der Waals surface area contributed by atoms with Crippen LogP contribution in [-0.2, 0) is 16.0 Å². The Labute approximate surface area is 156 Å². The van der Waals surface area contributed by atoms with Crippen molar-refractivity contribution in [3.8, 4) is 11.4 Å². The van der Waals surface area contributed by atoms with E-state index in [0.29, 0.717) is 18.1 Å². The Morgan fingerprint density at radius 3 is 2.89 bits per heavy atom. The van der Waals surface area contributed by atoms with E-state index in [0.717, 1.165) is 16.5 Å². The molecule has 3 aromatic rings. The van der Waals surface area contributed by atoms with Crippen LogP contribution in [0.1, 0.15) is 32.6 Å². The molecule has 0 aliphatic rings. The van der Waals surface area contributed by atoms with Crippen molar-refractivity contribution in [2.75, 3.05) is 0 Å². The van der Waals surface area contributed by atoms with Gasteiger partial charge in [0.25, 0.3) is 0 Å². The fraction of sp³-hybridized carbons (Fsp3) is 0.368. The molecule has 0 fully saturated rings. The molecule has 0 unspecified atom stereocenters. The van der Waals surface area contributed by atoms with Gasteiger partial charge in [0.05, 0.1) is 0 Å². The molecule has 0 spiro atoms. The Morgan fingerprint density at radius 2 is 2.15 bits per heavy atom. The summed E-state index contributed by atoms with van der Waals surface area (Å²) in [4.78, 5) is 30.9. The average Bonchev–Trinajstić information content (AvgIpc) is 3.32. The van der Waals surface area contributed by atoms with Crippen molar-refractivity contribution in [1.82, 2.24) is 20.4 Å². The predicted molar refractivity (Wildman–Crippen MR) is 98.9 cm³/mol. The van der Waals surface area contributed by atoms with E-state index in [9.17, 15) is 14.7 Å². The third-order valence-electron chi connectivity index (χ3n) is 4.67. The SMILES string of the molecule is CC[C@H](C)[C@@H](NC(=O)CCc1nc(-c2cccc3[nH]ccc23)no1)C(=O)O. The highest BCUT2D eigenvalue weighted by molar-refractivity contribution is 5.93. The molecule has 0 saturated heterocycles. The minimum Gasteiger partial charge on any atom is -0.480 e. The number of aromatic amines is 1. The Kier molecular flexibility index (Phi) is 5.54. The molecular formula is C19H22N4O4. The minimum absolute atomic E-state index is 0.0796. The van der Waals surface area contributed by atoms with Gasteiger partial charge in [0.2, 0.25) is 17.6 Å². The number of rotatable bonds is 8. The summed E-state index contributed by atoms with van der Waals surface area (Å²) in [6, 6.07) is 6.81. The highest BCUT2D eigenvalue weighted by atomic mass is 16.5. The molecule has 142 valence electrons. The van der Waals surface area contributed by atoms with Crippen LogP contribution in [0.15, 0.2) is 35.0 Å². The molecule has 0 bridgehead atoms. The summed E-state index contributed by atoms with van der Waals surface area (Å²) < 4.78 is 5.25. The van der Waals surface area contributed by atoms with E-state index in [1.807, 2.05) is 37.4 Å². The predicted octanol–water partition coefficient (Wildman–Crippen LogP) is 2.77. The molecule has 0 saturated carbocycles. The van der Waals surface area contributed by atoms with Crippen LogP contribution in [0, 0.1) is 5.92 Å². The van der Waals surface area contributed by atoms with Crippen molar-refractivity contribution >= 4 is 22.8 Å². The van der Waals surface area contributed by atoms with Gasteiger partial charge in [-0.15, -0.1) is 0 Å². The van der Waals surface area contributed by atoms with Crippen LogP contribution in [0.3, 0.4) is 0 Å². The van der Waals surface area contributed by atoms with Gasteiger partial charge in [0, 0.05) is 35.5 Å². The van der Waals surface area contributed by atoms with Crippen molar-refractivity contribution in [2.45, 2.75) is 39.2 Å². The summed E-state index contributed by atoms with van der Waals surface area (Å²) in [5, 5.41) is 16.8. The van der Waals surface area contributed by atoms with E-state index in [-0.39, 0.29) is 24.7 Å². The van der Waals surface area contributed by atoms with Gasteiger partial charge in [0.15, 0.2) is 0 Å². The van der Waals surface area contributed by atoms with Gasteiger partial charge >= 0.3 is 5.97 Å². The Balaban J connectivity index is 1.64. The summed E-state index contributed by atoms with van der Waals surface area (Å²) in [6.07, 6.45) is 2.83. The highest BCUT2D eigenvalue weighted by Gasteiger charge is 2.25. The lowest BCUT2D eigenvalue weighted by Gasteiger charge is -2.19. The zero-order chi connectivity index (χ0) is 19.4. The number of benzene rings is 1. The summed E-state index contributed by atoms with van der Waals surface area (Å²) in [6.45, 7) is 3.68. The van der Waals surface area contributed by atoms with E-state index >= 15 is 0 Å². The topological polar surface area (TPSA) is 121 Å². The molecule has 1 amide bonds. The van der Waals surface area contributed by atoms with Crippen LogP contribution in [0.4, 0.5) is 0 Å². The van der Waals surface area contributed by atoms with E-state index < -0.39 is 12.0 Å². The van der Waals surface area contributed by atoms with Crippen molar-refractivity contribution in [1.29, 1.82) is 0 Å². The maximum absolute atomic E-state index is 12.1. The van der Waals surface area contributed by atoms with Crippen LogP contribution >= 0.6 is 0 Å². The first-order chi connectivity index (χ1) is 13.0. The molecule has 0 radical (unpaired) electrons. The smallest absolute Gasteiger partial charge is 0.326 e. The maximum atomic E-state index is 12.1. The first-order valence-corrected chi connectivity index (χ1v) is 8.90. The molecule has 3 N–H and O–H groups in total. The van der Waals surface area contributed by atoms with Crippen molar-refractivity contribution < 1.29 is 19.2 Å². The second-order valence-corrected chi connectivity index (χ2v) is 6.53. The lowest BCUT2D eigenvalue weighted by atomic mass is 9.99. The number of carboxylic acids is 1. The number of nitrogens with one attached hydrogen (secondary N) is 2. The van der Waals surface area contributed by atoms with E-state index in [1.165, 1.54) is 0 Å². The quantitative estimate of drug-likeness (QED) is 0.560. The van der Waals surface area contributed by atoms with Crippen LogP contribution in [-0.4, -0.2) is 38.1 Å². The fourth-order valence-electron chi connectivity index (χ4n) is 2.90. The lowest BCUT2D eigenvalue weighted by molar-refractivity contribution is -0.143. The number of H-pyrrole nitrogens is 1. The molecular weight excluding hydrogens is 348 g/mol. The third-order valence-corrected chi connectivity index (χ3v) is 4.67. The molecule has 2 heterocycles. The molecule has 2 atom stereocenters. The van der Waals surface area contributed by atoms with Gasteiger partial charge in [-0.25, -0.2) is 4.79 Å². The van der Waals surface area contributed by atoms with Crippen LogP contribution in [0.25, 0.3) is 22.3 Å². The number of hydrogen-bond acceptors (Lipinski definition) is 5. The van der Waals surface area contributed by atoms with Gasteiger partial charge < -0.3 is 19.9 Å². The maximum Gasteiger partial charge on any atom is 0.326 e. The largest absolute Gasteiger partial charge is 0.480 e. The van der Waals surface area contributed by atoms with Crippen LogP contribution < -0.4 is 5.32 Å². The molecule has 8 heteroatoms.